The molecule has 1 aromatic carbocycles. The molecule has 0 fully saturated rings. The van der Waals surface area contributed by atoms with E-state index < -0.39 is 10.0 Å². The number of benzene rings is 1. The highest BCUT2D eigenvalue weighted by Gasteiger charge is 2.06. The lowest BCUT2D eigenvalue weighted by Crippen LogP contribution is -2.16. The molecule has 0 atom stereocenters. The monoisotopic (exact) mass is 257 g/mol. The molecule has 6 heteroatoms. The Kier molecular flexibility index (Phi) is 4.92. The minimum absolute atomic E-state index is 0.136. The van der Waals surface area contributed by atoms with Crippen LogP contribution in [0, 0.1) is 0 Å². The minimum atomic E-state index is -3.59. The molecule has 5 nitrogen and oxygen atoms in total. The van der Waals surface area contributed by atoms with Crippen LogP contribution in [0.25, 0.3) is 0 Å². The van der Waals surface area contributed by atoms with Gasteiger partial charge in [0.1, 0.15) is 0 Å². The molecule has 1 aromatic rings. The SMILES string of the molecule is CN(C)CCCNc1ccc(S(N)(=O)=O)cc1. The van der Waals surface area contributed by atoms with Crippen molar-refractivity contribution in [3.8, 4) is 0 Å². The van der Waals surface area contributed by atoms with Crippen LogP contribution in [0.1, 0.15) is 6.42 Å². The van der Waals surface area contributed by atoms with E-state index in [9.17, 15) is 8.42 Å². The summed E-state index contributed by atoms with van der Waals surface area (Å²) in [6, 6.07) is 6.44. The van der Waals surface area contributed by atoms with Crippen LogP contribution in [0.15, 0.2) is 29.2 Å². The molecule has 0 saturated carbocycles. The molecule has 0 aromatic heterocycles. The van der Waals surface area contributed by atoms with E-state index in [1.165, 1.54) is 12.1 Å². The number of nitrogens with two attached hydrogens (primary N) is 1. The number of primary sulfonamides is 1. The molecule has 0 heterocycles. The maximum absolute atomic E-state index is 11.0. The third kappa shape index (κ3) is 5.16. The molecule has 0 aliphatic rings. The number of anilines is 1. The van der Waals surface area contributed by atoms with Gasteiger partial charge >= 0.3 is 0 Å². The van der Waals surface area contributed by atoms with Gasteiger partial charge in [-0.25, -0.2) is 13.6 Å². The largest absolute Gasteiger partial charge is 0.385 e. The first kappa shape index (κ1) is 14.0. The highest BCUT2D eigenvalue weighted by atomic mass is 32.2. The van der Waals surface area contributed by atoms with Crippen LogP contribution < -0.4 is 10.5 Å². The molecule has 0 amide bonds. The predicted molar refractivity (Wildman–Crippen MR) is 69.5 cm³/mol. The van der Waals surface area contributed by atoms with Crippen molar-refractivity contribution in [2.45, 2.75) is 11.3 Å². The van der Waals surface area contributed by atoms with Gasteiger partial charge in [-0.2, -0.15) is 0 Å². The highest BCUT2D eigenvalue weighted by molar-refractivity contribution is 7.89. The van der Waals surface area contributed by atoms with Crippen molar-refractivity contribution < 1.29 is 8.42 Å². The molecule has 0 bridgehead atoms. The lowest BCUT2D eigenvalue weighted by molar-refractivity contribution is 0.405. The standard InChI is InChI=1S/C11H19N3O2S/c1-14(2)9-3-8-13-10-4-6-11(7-5-10)17(12,15)16/h4-7,13H,3,8-9H2,1-2H3,(H2,12,15,16). The van der Waals surface area contributed by atoms with Gasteiger partial charge in [0.15, 0.2) is 0 Å². The van der Waals surface area contributed by atoms with Crippen LogP contribution in [-0.2, 0) is 10.0 Å². The van der Waals surface area contributed by atoms with E-state index in [1.807, 2.05) is 14.1 Å². The Balaban J connectivity index is 2.46. The van der Waals surface area contributed by atoms with E-state index in [0.717, 1.165) is 25.2 Å². The molecule has 0 unspecified atom stereocenters. The van der Waals surface area contributed by atoms with E-state index in [2.05, 4.69) is 10.2 Å². The smallest absolute Gasteiger partial charge is 0.238 e. The van der Waals surface area contributed by atoms with Crippen molar-refractivity contribution in [1.29, 1.82) is 0 Å². The van der Waals surface area contributed by atoms with Gasteiger partial charge < -0.3 is 10.2 Å². The van der Waals surface area contributed by atoms with Gasteiger partial charge in [-0.1, -0.05) is 0 Å². The third-order valence-electron chi connectivity index (χ3n) is 2.29. The Hall–Kier alpha value is -1.11. The average Bonchev–Trinajstić information content (AvgIpc) is 2.23. The van der Waals surface area contributed by atoms with Crippen molar-refractivity contribution in [1.82, 2.24) is 4.90 Å². The first-order valence-corrected chi connectivity index (χ1v) is 6.96. The lowest BCUT2D eigenvalue weighted by atomic mass is 10.3. The molecular weight excluding hydrogens is 238 g/mol. The summed E-state index contributed by atoms with van der Waals surface area (Å²) in [5.74, 6) is 0. The Labute approximate surface area is 103 Å². The maximum atomic E-state index is 11.0. The summed E-state index contributed by atoms with van der Waals surface area (Å²) in [5, 5.41) is 8.22. The second kappa shape index (κ2) is 6.00. The molecule has 3 N–H and O–H groups in total. The van der Waals surface area contributed by atoms with Crippen LogP contribution in [0.2, 0.25) is 0 Å². The molecule has 17 heavy (non-hydrogen) atoms. The van der Waals surface area contributed by atoms with Crippen LogP contribution in [0.5, 0.6) is 0 Å². The van der Waals surface area contributed by atoms with Crippen LogP contribution in [0.4, 0.5) is 5.69 Å². The normalized spacial score (nSPS) is 11.8. The Morgan fingerprint density at radius 2 is 1.82 bits per heavy atom. The number of hydrogen-bond donors (Lipinski definition) is 2. The first-order chi connectivity index (χ1) is 7.89. The Morgan fingerprint density at radius 1 is 1.24 bits per heavy atom. The van der Waals surface area contributed by atoms with Gasteiger partial charge in [-0.15, -0.1) is 0 Å². The van der Waals surface area contributed by atoms with Crippen molar-refractivity contribution >= 4 is 15.7 Å². The summed E-state index contributed by atoms with van der Waals surface area (Å²) in [5.41, 5.74) is 0.899. The third-order valence-corrected chi connectivity index (χ3v) is 3.22. The van der Waals surface area contributed by atoms with E-state index in [1.54, 1.807) is 12.1 Å². The number of rotatable bonds is 6. The van der Waals surface area contributed by atoms with Crippen molar-refractivity contribution in [2.75, 3.05) is 32.5 Å². The van der Waals surface area contributed by atoms with E-state index in [-0.39, 0.29) is 4.90 Å². The van der Waals surface area contributed by atoms with Crippen LogP contribution in [0.3, 0.4) is 0 Å². The summed E-state index contributed by atoms with van der Waals surface area (Å²) in [7, 11) is 0.467. The van der Waals surface area contributed by atoms with Crippen molar-refractivity contribution in [3.63, 3.8) is 0 Å². The summed E-state index contributed by atoms with van der Waals surface area (Å²) >= 11 is 0. The molecule has 0 saturated heterocycles. The number of sulfonamides is 1. The predicted octanol–water partition coefficient (Wildman–Crippen LogP) is 0.698. The van der Waals surface area contributed by atoms with E-state index >= 15 is 0 Å². The van der Waals surface area contributed by atoms with Gasteiger partial charge in [0.2, 0.25) is 10.0 Å². The zero-order valence-electron chi connectivity index (χ0n) is 10.2. The summed E-state index contributed by atoms with van der Waals surface area (Å²) in [6.45, 7) is 1.87. The first-order valence-electron chi connectivity index (χ1n) is 5.41. The summed E-state index contributed by atoms with van der Waals surface area (Å²) < 4.78 is 22.1. The molecule has 0 aliphatic carbocycles. The van der Waals surface area contributed by atoms with Gasteiger partial charge in [0.25, 0.3) is 0 Å². The molecule has 0 radical (unpaired) electrons. The lowest BCUT2D eigenvalue weighted by Gasteiger charge is -2.10. The second-order valence-electron chi connectivity index (χ2n) is 4.15. The fourth-order valence-corrected chi connectivity index (χ4v) is 1.91. The summed E-state index contributed by atoms with van der Waals surface area (Å²) in [4.78, 5) is 2.25. The quantitative estimate of drug-likeness (QED) is 0.736. The fourth-order valence-electron chi connectivity index (χ4n) is 1.39. The Bertz CT molecular complexity index is 440. The van der Waals surface area contributed by atoms with Gasteiger partial charge in [0, 0.05) is 12.2 Å². The van der Waals surface area contributed by atoms with E-state index in [4.69, 9.17) is 5.14 Å². The highest BCUT2D eigenvalue weighted by Crippen LogP contribution is 2.12. The maximum Gasteiger partial charge on any atom is 0.238 e. The zero-order chi connectivity index (χ0) is 12.9. The average molecular weight is 257 g/mol. The molecule has 0 spiro atoms. The second-order valence-corrected chi connectivity index (χ2v) is 5.71. The molecule has 1 rings (SSSR count). The zero-order valence-corrected chi connectivity index (χ0v) is 11.0. The minimum Gasteiger partial charge on any atom is -0.385 e. The van der Waals surface area contributed by atoms with Gasteiger partial charge in [-0.3, -0.25) is 0 Å². The molecule has 96 valence electrons. The summed E-state index contributed by atoms with van der Waals surface area (Å²) in [6.07, 6.45) is 1.03. The topological polar surface area (TPSA) is 75.4 Å². The van der Waals surface area contributed by atoms with Crippen LogP contribution >= 0.6 is 0 Å². The van der Waals surface area contributed by atoms with Crippen molar-refractivity contribution in [3.05, 3.63) is 24.3 Å². The number of hydrogen-bond acceptors (Lipinski definition) is 4. The van der Waals surface area contributed by atoms with Gasteiger partial charge in [0.05, 0.1) is 4.90 Å². The van der Waals surface area contributed by atoms with Crippen LogP contribution in [-0.4, -0.2) is 40.5 Å². The fraction of sp³-hybridized carbons (Fsp3) is 0.455. The number of nitrogens with one attached hydrogen (secondary N) is 1. The van der Waals surface area contributed by atoms with Gasteiger partial charge in [-0.05, 0) is 51.3 Å². The van der Waals surface area contributed by atoms with E-state index in [0.29, 0.717) is 0 Å². The Morgan fingerprint density at radius 3 is 2.29 bits per heavy atom. The number of nitrogens with zero attached hydrogens (tertiary/aromatic N) is 1. The molecular formula is C11H19N3O2S. The van der Waals surface area contributed by atoms with Crippen molar-refractivity contribution in [2.24, 2.45) is 5.14 Å². The molecule has 0 aliphatic heterocycles.